The number of carbonyl (C=O) groups is 1. The monoisotopic (exact) mass is 367 g/mol. The molecule has 0 saturated heterocycles. The molecule has 0 bridgehead atoms. The van der Waals surface area contributed by atoms with E-state index in [9.17, 15) is 4.79 Å². The van der Waals surface area contributed by atoms with E-state index >= 15 is 0 Å². The highest BCUT2D eigenvalue weighted by Gasteiger charge is 2.13. The molecule has 134 valence electrons. The van der Waals surface area contributed by atoms with Crippen molar-refractivity contribution >= 4 is 23.4 Å². The van der Waals surface area contributed by atoms with E-state index in [2.05, 4.69) is 10.3 Å². The van der Waals surface area contributed by atoms with Crippen LogP contribution < -0.4 is 10.1 Å². The van der Waals surface area contributed by atoms with E-state index in [1.165, 1.54) is 11.8 Å². The zero-order chi connectivity index (χ0) is 18.5. The zero-order valence-electron chi connectivity index (χ0n) is 15.0. The minimum atomic E-state index is -0.0652. The van der Waals surface area contributed by atoms with Crippen molar-refractivity contribution in [3.8, 4) is 11.4 Å². The Hall–Kier alpha value is -2.73. The van der Waals surface area contributed by atoms with Crippen LogP contribution in [0.25, 0.3) is 5.69 Å². The van der Waals surface area contributed by atoms with Gasteiger partial charge in [0.2, 0.25) is 5.91 Å². The van der Waals surface area contributed by atoms with E-state index < -0.39 is 0 Å². The number of benzene rings is 2. The molecule has 0 aliphatic rings. The lowest BCUT2D eigenvalue weighted by Gasteiger charge is -2.13. The second kappa shape index (κ2) is 8.10. The number of thioether (sulfide) groups is 1. The highest BCUT2D eigenvalue weighted by Crippen LogP contribution is 2.28. The summed E-state index contributed by atoms with van der Waals surface area (Å²) in [6.45, 7) is 4.04. The predicted octanol–water partition coefficient (Wildman–Crippen LogP) is 4.23. The molecule has 2 aromatic carbocycles. The smallest absolute Gasteiger partial charge is 0.234 e. The number of aryl methyl sites for hydroxylation is 2. The summed E-state index contributed by atoms with van der Waals surface area (Å²) in [6, 6.07) is 13.7. The van der Waals surface area contributed by atoms with Gasteiger partial charge in [-0.05, 0) is 43.7 Å². The van der Waals surface area contributed by atoms with E-state index in [0.717, 1.165) is 33.4 Å². The minimum Gasteiger partial charge on any atom is -0.495 e. The number of nitrogens with one attached hydrogen (secondary N) is 1. The lowest BCUT2D eigenvalue weighted by atomic mass is 10.2. The molecule has 0 radical (unpaired) electrons. The summed E-state index contributed by atoms with van der Waals surface area (Å²) in [5.74, 6) is 0.975. The van der Waals surface area contributed by atoms with Crippen molar-refractivity contribution < 1.29 is 9.53 Å². The molecule has 3 aromatic rings. The molecular formula is C20H21N3O2S. The largest absolute Gasteiger partial charge is 0.495 e. The molecule has 1 heterocycles. The predicted molar refractivity (Wildman–Crippen MR) is 105 cm³/mol. The van der Waals surface area contributed by atoms with Crippen LogP contribution in [0.4, 0.5) is 5.69 Å². The Morgan fingerprint density at radius 1 is 1.15 bits per heavy atom. The first-order valence-electron chi connectivity index (χ1n) is 8.24. The number of hydrogen-bond donors (Lipinski definition) is 1. The quantitative estimate of drug-likeness (QED) is 0.663. The molecule has 1 amide bonds. The van der Waals surface area contributed by atoms with Gasteiger partial charge in [-0.25, -0.2) is 4.98 Å². The Bertz CT molecular complexity index is 904. The number of methoxy groups -OCH3 is 1. The van der Waals surface area contributed by atoms with Gasteiger partial charge >= 0.3 is 0 Å². The molecule has 1 aromatic heterocycles. The number of amides is 1. The third kappa shape index (κ3) is 4.26. The Balaban J connectivity index is 1.70. The maximum atomic E-state index is 12.2. The fraction of sp³-hybridized carbons (Fsp3) is 0.200. The summed E-state index contributed by atoms with van der Waals surface area (Å²) in [4.78, 5) is 16.6. The summed E-state index contributed by atoms with van der Waals surface area (Å²) in [7, 11) is 1.65. The van der Waals surface area contributed by atoms with Crippen LogP contribution in [0.15, 0.2) is 60.0 Å². The SMILES string of the molecule is COc1ccc(C)cc1-n1ccnc1SCC(=O)Nc1ccc(C)cc1. The number of nitrogens with zero attached hydrogens (tertiary/aromatic N) is 2. The average Bonchev–Trinajstić information content (AvgIpc) is 3.10. The molecule has 3 rings (SSSR count). The van der Waals surface area contributed by atoms with E-state index in [-0.39, 0.29) is 11.7 Å². The van der Waals surface area contributed by atoms with Crippen LogP contribution in [0, 0.1) is 13.8 Å². The Morgan fingerprint density at radius 3 is 2.62 bits per heavy atom. The molecule has 0 aliphatic carbocycles. The van der Waals surface area contributed by atoms with Crippen LogP contribution in [0.2, 0.25) is 0 Å². The molecule has 0 fully saturated rings. The summed E-state index contributed by atoms with van der Waals surface area (Å²) in [6.07, 6.45) is 3.60. The van der Waals surface area contributed by atoms with Crippen molar-refractivity contribution in [1.29, 1.82) is 0 Å². The highest BCUT2D eigenvalue weighted by molar-refractivity contribution is 7.99. The molecule has 26 heavy (non-hydrogen) atoms. The zero-order valence-corrected chi connectivity index (χ0v) is 15.8. The second-order valence-corrected chi connectivity index (χ2v) is 6.90. The summed E-state index contributed by atoms with van der Waals surface area (Å²) >= 11 is 1.39. The topological polar surface area (TPSA) is 56.2 Å². The van der Waals surface area contributed by atoms with E-state index in [1.54, 1.807) is 13.3 Å². The second-order valence-electron chi connectivity index (χ2n) is 5.96. The van der Waals surface area contributed by atoms with Gasteiger partial charge in [-0.3, -0.25) is 9.36 Å². The van der Waals surface area contributed by atoms with Crippen LogP contribution in [0.5, 0.6) is 5.75 Å². The lowest BCUT2D eigenvalue weighted by Crippen LogP contribution is -2.14. The van der Waals surface area contributed by atoms with Crippen LogP contribution in [-0.4, -0.2) is 28.3 Å². The lowest BCUT2D eigenvalue weighted by molar-refractivity contribution is -0.113. The number of carbonyl (C=O) groups excluding carboxylic acids is 1. The van der Waals surface area contributed by atoms with Crippen molar-refractivity contribution in [3.05, 3.63) is 66.0 Å². The van der Waals surface area contributed by atoms with E-state index in [4.69, 9.17) is 4.74 Å². The maximum Gasteiger partial charge on any atom is 0.234 e. The fourth-order valence-electron chi connectivity index (χ4n) is 2.53. The number of hydrogen-bond acceptors (Lipinski definition) is 4. The van der Waals surface area contributed by atoms with Crippen LogP contribution >= 0.6 is 11.8 Å². The summed E-state index contributed by atoms with van der Waals surface area (Å²) in [5.41, 5.74) is 3.99. The van der Waals surface area contributed by atoms with Gasteiger partial charge in [-0.15, -0.1) is 0 Å². The maximum absolute atomic E-state index is 12.2. The van der Waals surface area contributed by atoms with Crippen LogP contribution in [0.1, 0.15) is 11.1 Å². The molecule has 0 saturated carbocycles. The molecule has 1 N–H and O–H groups in total. The third-order valence-corrected chi connectivity index (χ3v) is 4.84. The molecule has 0 unspecified atom stereocenters. The van der Waals surface area contributed by atoms with Gasteiger partial charge in [0.1, 0.15) is 5.75 Å². The van der Waals surface area contributed by atoms with Crippen molar-refractivity contribution in [2.45, 2.75) is 19.0 Å². The number of anilines is 1. The minimum absolute atomic E-state index is 0.0652. The van der Waals surface area contributed by atoms with E-state index in [0.29, 0.717) is 0 Å². The van der Waals surface area contributed by atoms with Crippen LogP contribution in [0.3, 0.4) is 0 Å². The summed E-state index contributed by atoms with van der Waals surface area (Å²) in [5, 5.41) is 3.64. The Labute approximate surface area is 157 Å². The molecule has 0 atom stereocenters. The van der Waals surface area contributed by atoms with Crippen molar-refractivity contribution in [3.63, 3.8) is 0 Å². The van der Waals surface area contributed by atoms with Crippen molar-refractivity contribution in [2.75, 3.05) is 18.2 Å². The Morgan fingerprint density at radius 2 is 1.88 bits per heavy atom. The first-order valence-corrected chi connectivity index (χ1v) is 9.23. The fourth-order valence-corrected chi connectivity index (χ4v) is 3.30. The Kier molecular flexibility index (Phi) is 5.63. The third-order valence-electron chi connectivity index (χ3n) is 3.87. The normalized spacial score (nSPS) is 10.6. The van der Waals surface area contributed by atoms with E-state index in [1.807, 2.05) is 67.1 Å². The van der Waals surface area contributed by atoms with Gasteiger partial charge in [0, 0.05) is 18.1 Å². The average molecular weight is 367 g/mol. The van der Waals surface area contributed by atoms with Crippen molar-refractivity contribution in [2.24, 2.45) is 0 Å². The van der Waals surface area contributed by atoms with Gasteiger partial charge in [-0.2, -0.15) is 0 Å². The number of imidazole rings is 1. The van der Waals surface area contributed by atoms with Gasteiger partial charge < -0.3 is 10.1 Å². The molecule has 0 spiro atoms. The number of rotatable bonds is 6. The molecule has 0 aliphatic heterocycles. The highest BCUT2D eigenvalue weighted by atomic mass is 32.2. The molecule has 5 nitrogen and oxygen atoms in total. The molecule has 6 heteroatoms. The first kappa shape index (κ1) is 18.1. The number of aromatic nitrogens is 2. The molecular weight excluding hydrogens is 346 g/mol. The van der Waals surface area contributed by atoms with Crippen LogP contribution in [-0.2, 0) is 4.79 Å². The standard InChI is InChI=1S/C20H21N3O2S/c1-14-4-7-16(8-5-14)22-19(24)13-26-20-21-10-11-23(20)17-12-15(2)6-9-18(17)25-3/h4-12H,13H2,1-3H3,(H,22,24). The van der Waals surface area contributed by atoms with Crippen molar-refractivity contribution in [1.82, 2.24) is 9.55 Å². The van der Waals surface area contributed by atoms with Gasteiger partial charge in [0.15, 0.2) is 5.16 Å². The number of ether oxygens (including phenoxy) is 1. The summed E-state index contributed by atoms with van der Waals surface area (Å²) < 4.78 is 7.40. The van der Waals surface area contributed by atoms with Gasteiger partial charge in [0.05, 0.1) is 18.6 Å². The first-order chi connectivity index (χ1) is 12.6. The van der Waals surface area contributed by atoms with Gasteiger partial charge in [-0.1, -0.05) is 35.5 Å². The van der Waals surface area contributed by atoms with Gasteiger partial charge in [0.25, 0.3) is 0 Å².